The fraction of sp³-hybridized carbons (Fsp3) is 0.333. The average Bonchev–Trinajstić information content (AvgIpc) is 2.43. The summed E-state index contributed by atoms with van der Waals surface area (Å²) < 4.78 is 26.1. The number of hydrogen-bond donors (Lipinski definition) is 2. The normalized spacial score (nSPS) is 10.7. The molecule has 0 fully saturated rings. The highest BCUT2D eigenvalue weighted by Gasteiger charge is 2.13. The zero-order valence-corrected chi connectivity index (χ0v) is 12.1. The zero-order chi connectivity index (χ0) is 15.2. The lowest BCUT2D eigenvalue weighted by Gasteiger charge is -2.12. The van der Waals surface area contributed by atoms with Crippen LogP contribution in [0, 0.1) is 11.3 Å². The Balaban J connectivity index is 2.53. The Kier molecular flexibility index (Phi) is 5.49. The lowest BCUT2D eigenvalue weighted by Crippen LogP contribution is -2.39. The van der Waals surface area contributed by atoms with Crippen molar-refractivity contribution in [3.63, 3.8) is 0 Å². The van der Waals surface area contributed by atoms with Gasteiger partial charge in [0.25, 0.3) is 0 Å². The van der Waals surface area contributed by atoms with Gasteiger partial charge in [0.05, 0.1) is 16.5 Å². The van der Waals surface area contributed by atoms with Crippen molar-refractivity contribution in [2.75, 3.05) is 27.2 Å². The third-order valence-corrected chi connectivity index (χ3v) is 3.87. The minimum atomic E-state index is -3.63. The first-order chi connectivity index (χ1) is 9.36. The summed E-state index contributed by atoms with van der Waals surface area (Å²) in [6.07, 6.45) is 0. The summed E-state index contributed by atoms with van der Waals surface area (Å²) in [4.78, 5) is 12.7. The SMILES string of the molecule is CN(C)C(=O)NCCNS(=O)(=O)c1ccc(C#N)cc1. The molecule has 0 aliphatic heterocycles. The largest absolute Gasteiger partial charge is 0.337 e. The molecule has 0 atom stereocenters. The molecule has 2 N–H and O–H groups in total. The Labute approximate surface area is 118 Å². The smallest absolute Gasteiger partial charge is 0.316 e. The topological polar surface area (TPSA) is 102 Å². The molecule has 1 aromatic carbocycles. The van der Waals surface area contributed by atoms with Gasteiger partial charge in [-0.2, -0.15) is 5.26 Å². The summed E-state index contributed by atoms with van der Waals surface area (Å²) in [7, 11) is -0.441. The number of urea groups is 1. The first-order valence-corrected chi connectivity index (χ1v) is 7.30. The van der Waals surface area contributed by atoms with Crippen LogP contribution in [0.25, 0.3) is 0 Å². The number of carbonyl (C=O) groups excluding carboxylic acids is 1. The maximum Gasteiger partial charge on any atom is 0.316 e. The first-order valence-electron chi connectivity index (χ1n) is 5.82. The molecular weight excluding hydrogens is 280 g/mol. The maximum atomic E-state index is 11.9. The van der Waals surface area contributed by atoms with E-state index < -0.39 is 10.0 Å². The second kappa shape index (κ2) is 6.88. The second-order valence-corrected chi connectivity index (χ2v) is 5.93. The van der Waals surface area contributed by atoms with Crippen LogP contribution in [-0.2, 0) is 10.0 Å². The molecule has 8 heteroatoms. The summed E-state index contributed by atoms with van der Waals surface area (Å²) in [6, 6.07) is 7.21. The number of nitriles is 1. The molecule has 0 radical (unpaired) electrons. The van der Waals surface area contributed by atoms with E-state index in [2.05, 4.69) is 10.0 Å². The minimum absolute atomic E-state index is 0.0791. The number of hydrogen-bond acceptors (Lipinski definition) is 4. The molecule has 0 heterocycles. The van der Waals surface area contributed by atoms with Gasteiger partial charge in [0, 0.05) is 27.2 Å². The quantitative estimate of drug-likeness (QED) is 0.753. The average molecular weight is 296 g/mol. The van der Waals surface area contributed by atoms with Crippen LogP contribution in [0.3, 0.4) is 0 Å². The summed E-state index contributed by atoms with van der Waals surface area (Å²) in [5.41, 5.74) is 0.391. The van der Waals surface area contributed by atoms with Crippen molar-refractivity contribution in [1.82, 2.24) is 14.9 Å². The van der Waals surface area contributed by atoms with Gasteiger partial charge in [0.1, 0.15) is 0 Å². The highest BCUT2D eigenvalue weighted by Crippen LogP contribution is 2.09. The number of rotatable bonds is 5. The van der Waals surface area contributed by atoms with Gasteiger partial charge >= 0.3 is 6.03 Å². The fourth-order valence-corrected chi connectivity index (χ4v) is 2.34. The van der Waals surface area contributed by atoms with E-state index in [4.69, 9.17) is 5.26 Å². The van der Waals surface area contributed by atoms with E-state index in [-0.39, 0.29) is 24.0 Å². The van der Waals surface area contributed by atoms with E-state index in [0.717, 1.165) is 0 Å². The number of nitrogens with one attached hydrogen (secondary N) is 2. The fourth-order valence-electron chi connectivity index (χ4n) is 1.30. The highest BCUT2D eigenvalue weighted by molar-refractivity contribution is 7.89. The summed E-state index contributed by atoms with van der Waals surface area (Å²) in [5, 5.41) is 11.2. The van der Waals surface area contributed by atoms with Gasteiger partial charge in [0.2, 0.25) is 10.0 Å². The molecule has 108 valence electrons. The van der Waals surface area contributed by atoms with Gasteiger partial charge in [-0.3, -0.25) is 0 Å². The van der Waals surface area contributed by atoms with E-state index in [0.29, 0.717) is 5.56 Å². The minimum Gasteiger partial charge on any atom is -0.337 e. The zero-order valence-electron chi connectivity index (χ0n) is 11.3. The molecule has 0 aromatic heterocycles. The summed E-state index contributed by atoms with van der Waals surface area (Å²) in [6.45, 7) is 0.272. The molecular formula is C12H16N4O3S. The Morgan fingerprint density at radius 1 is 1.25 bits per heavy atom. The van der Waals surface area contributed by atoms with E-state index in [1.807, 2.05) is 6.07 Å². The first kappa shape index (κ1) is 15.9. The van der Waals surface area contributed by atoms with Gasteiger partial charge in [-0.15, -0.1) is 0 Å². The summed E-state index contributed by atoms with van der Waals surface area (Å²) >= 11 is 0. The molecule has 2 amide bonds. The number of benzene rings is 1. The lowest BCUT2D eigenvalue weighted by molar-refractivity contribution is 0.217. The number of amides is 2. The lowest BCUT2D eigenvalue weighted by atomic mass is 10.2. The highest BCUT2D eigenvalue weighted by atomic mass is 32.2. The van der Waals surface area contributed by atoms with Crippen LogP contribution in [-0.4, -0.2) is 46.5 Å². The molecule has 0 spiro atoms. The van der Waals surface area contributed by atoms with Crippen LogP contribution in [0.1, 0.15) is 5.56 Å². The molecule has 0 aliphatic carbocycles. The van der Waals surface area contributed by atoms with Crippen molar-refractivity contribution in [3.05, 3.63) is 29.8 Å². The molecule has 7 nitrogen and oxygen atoms in total. The molecule has 1 rings (SSSR count). The molecule has 0 aliphatic rings. The number of carbonyl (C=O) groups is 1. The van der Waals surface area contributed by atoms with Crippen molar-refractivity contribution >= 4 is 16.1 Å². The Hall–Kier alpha value is -2.11. The second-order valence-electron chi connectivity index (χ2n) is 4.16. The predicted molar refractivity (Wildman–Crippen MR) is 73.4 cm³/mol. The van der Waals surface area contributed by atoms with E-state index >= 15 is 0 Å². The molecule has 0 saturated heterocycles. The van der Waals surface area contributed by atoms with Crippen LogP contribution >= 0.6 is 0 Å². The van der Waals surface area contributed by atoms with Crippen molar-refractivity contribution in [3.8, 4) is 6.07 Å². The van der Waals surface area contributed by atoms with Gasteiger partial charge in [-0.25, -0.2) is 17.9 Å². The van der Waals surface area contributed by atoms with Crippen LogP contribution < -0.4 is 10.0 Å². The standard InChI is InChI=1S/C12H16N4O3S/c1-16(2)12(17)14-7-8-15-20(18,19)11-5-3-10(9-13)4-6-11/h3-6,15H,7-8H2,1-2H3,(H,14,17). The Morgan fingerprint density at radius 3 is 2.35 bits per heavy atom. The van der Waals surface area contributed by atoms with Crippen LogP contribution in [0.4, 0.5) is 4.79 Å². The van der Waals surface area contributed by atoms with Crippen LogP contribution in [0.15, 0.2) is 29.2 Å². The van der Waals surface area contributed by atoms with E-state index in [9.17, 15) is 13.2 Å². The molecule has 1 aromatic rings. The third kappa shape index (κ3) is 4.53. The van der Waals surface area contributed by atoms with Gasteiger partial charge in [-0.1, -0.05) is 0 Å². The van der Waals surface area contributed by atoms with Gasteiger partial charge < -0.3 is 10.2 Å². The van der Waals surface area contributed by atoms with Crippen molar-refractivity contribution in [2.24, 2.45) is 0 Å². The van der Waals surface area contributed by atoms with Crippen LogP contribution in [0.2, 0.25) is 0 Å². The van der Waals surface area contributed by atoms with E-state index in [1.54, 1.807) is 14.1 Å². The molecule has 0 bridgehead atoms. The number of nitrogens with zero attached hydrogens (tertiary/aromatic N) is 2. The Bertz CT molecular complexity index is 603. The van der Waals surface area contributed by atoms with Gasteiger partial charge in [0.15, 0.2) is 0 Å². The van der Waals surface area contributed by atoms with Crippen molar-refractivity contribution in [1.29, 1.82) is 5.26 Å². The molecule has 20 heavy (non-hydrogen) atoms. The van der Waals surface area contributed by atoms with Crippen molar-refractivity contribution in [2.45, 2.75) is 4.90 Å². The predicted octanol–water partition coefficient (Wildman–Crippen LogP) is 0.108. The Morgan fingerprint density at radius 2 is 1.85 bits per heavy atom. The molecule has 0 saturated carbocycles. The monoisotopic (exact) mass is 296 g/mol. The van der Waals surface area contributed by atoms with Crippen molar-refractivity contribution < 1.29 is 13.2 Å². The van der Waals surface area contributed by atoms with Gasteiger partial charge in [-0.05, 0) is 24.3 Å². The third-order valence-electron chi connectivity index (χ3n) is 2.39. The van der Waals surface area contributed by atoms with E-state index in [1.165, 1.54) is 29.2 Å². The summed E-state index contributed by atoms with van der Waals surface area (Å²) in [5.74, 6) is 0. The van der Waals surface area contributed by atoms with Crippen LogP contribution in [0.5, 0.6) is 0 Å². The number of sulfonamides is 1. The maximum absolute atomic E-state index is 11.9. The molecule has 0 unspecified atom stereocenters.